The predicted octanol–water partition coefficient (Wildman–Crippen LogP) is 4.15. The summed E-state index contributed by atoms with van der Waals surface area (Å²) in [7, 11) is 0. The van der Waals surface area contributed by atoms with E-state index < -0.39 is 0 Å². The SMILES string of the molecule is CCCN(CC(=O)N1CCc2sccc2C1COc1ccccc1)C(=O)C(C)C. The molecule has 156 valence electrons. The summed E-state index contributed by atoms with van der Waals surface area (Å²) in [6.07, 6.45) is 1.69. The minimum Gasteiger partial charge on any atom is -0.491 e. The zero-order valence-electron chi connectivity index (χ0n) is 17.5. The number of carbonyl (C=O) groups is 2. The summed E-state index contributed by atoms with van der Waals surface area (Å²) < 4.78 is 6.02. The highest BCUT2D eigenvalue weighted by atomic mass is 32.1. The fourth-order valence-corrected chi connectivity index (χ4v) is 4.65. The van der Waals surface area contributed by atoms with Crippen molar-refractivity contribution in [2.75, 3.05) is 26.2 Å². The molecule has 0 N–H and O–H groups in total. The topological polar surface area (TPSA) is 49.9 Å². The second kappa shape index (κ2) is 9.92. The van der Waals surface area contributed by atoms with E-state index in [0.29, 0.717) is 19.7 Å². The highest BCUT2D eigenvalue weighted by molar-refractivity contribution is 7.10. The van der Waals surface area contributed by atoms with Crippen LogP contribution in [0.15, 0.2) is 41.8 Å². The number of thiophene rings is 1. The van der Waals surface area contributed by atoms with Gasteiger partial charge in [-0.3, -0.25) is 9.59 Å². The first kappa shape index (κ1) is 21.4. The average molecular weight is 415 g/mol. The molecule has 2 amide bonds. The molecular formula is C23H30N2O3S. The van der Waals surface area contributed by atoms with Crippen LogP contribution in [0.1, 0.15) is 43.7 Å². The molecule has 2 heterocycles. The molecular weight excluding hydrogens is 384 g/mol. The molecule has 0 fully saturated rings. The van der Waals surface area contributed by atoms with Crippen LogP contribution in [0.5, 0.6) is 5.75 Å². The molecule has 5 nitrogen and oxygen atoms in total. The van der Waals surface area contributed by atoms with Crippen LogP contribution in [0.2, 0.25) is 0 Å². The third-order valence-electron chi connectivity index (χ3n) is 5.19. The molecule has 29 heavy (non-hydrogen) atoms. The molecule has 0 aliphatic carbocycles. The first-order chi connectivity index (χ1) is 14.0. The summed E-state index contributed by atoms with van der Waals surface area (Å²) in [5.74, 6) is 0.706. The quantitative estimate of drug-likeness (QED) is 0.652. The van der Waals surface area contributed by atoms with Crippen molar-refractivity contribution in [3.63, 3.8) is 0 Å². The minimum absolute atomic E-state index is 0.00837. The van der Waals surface area contributed by atoms with Crippen molar-refractivity contribution in [1.82, 2.24) is 9.80 Å². The Balaban J connectivity index is 1.76. The maximum absolute atomic E-state index is 13.2. The molecule has 0 radical (unpaired) electrons. The first-order valence-electron chi connectivity index (χ1n) is 10.3. The molecule has 1 unspecified atom stereocenters. The van der Waals surface area contributed by atoms with Crippen LogP contribution < -0.4 is 4.74 Å². The number of nitrogens with zero attached hydrogens (tertiary/aromatic N) is 2. The van der Waals surface area contributed by atoms with E-state index in [4.69, 9.17) is 4.74 Å². The summed E-state index contributed by atoms with van der Waals surface area (Å²) in [5.41, 5.74) is 1.17. The number of ether oxygens (including phenoxy) is 1. The lowest BCUT2D eigenvalue weighted by molar-refractivity contribution is -0.144. The highest BCUT2D eigenvalue weighted by Gasteiger charge is 2.33. The third kappa shape index (κ3) is 5.18. The number of carbonyl (C=O) groups excluding carboxylic acids is 2. The summed E-state index contributed by atoms with van der Waals surface area (Å²) in [5, 5.41) is 2.08. The summed E-state index contributed by atoms with van der Waals surface area (Å²) >= 11 is 1.74. The third-order valence-corrected chi connectivity index (χ3v) is 6.19. The van der Waals surface area contributed by atoms with E-state index in [1.54, 1.807) is 16.2 Å². The van der Waals surface area contributed by atoms with Gasteiger partial charge in [0.15, 0.2) is 0 Å². The standard InChI is InChI=1S/C23H30N2O3S/c1-4-12-24(23(27)17(2)3)15-22(26)25-13-10-21-19(11-14-29-21)20(25)16-28-18-8-6-5-7-9-18/h5-9,11,14,17,20H,4,10,12-13,15-16H2,1-3H3. The fraction of sp³-hybridized carbons (Fsp3) is 0.478. The largest absolute Gasteiger partial charge is 0.491 e. The number of rotatable bonds is 8. The van der Waals surface area contributed by atoms with Gasteiger partial charge in [0.1, 0.15) is 12.4 Å². The van der Waals surface area contributed by atoms with Gasteiger partial charge in [-0.25, -0.2) is 0 Å². The Labute approximate surface area is 177 Å². The summed E-state index contributed by atoms with van der Waals surface area (Å²) in [4.78, 5) is 30.7. The van der Waals surface area contributed by atoms with Gasteiger partial charge in [-0.1, -0.05) is 39.0 Å². The molecule has 2 aromatic rings. The maximum atomic E-state index is 13.2. The van der Waals surface area contributed by atoms with Crippen LogP contribution in [0, 0.1) is 5.92 Å². The molecule has 0 spiro atoms. The van der Waals surface area contributed by atoms with E-state index >= 15 is 0 Å². The minimum atomic E-state index is -0.129. The summed E-state index contributed by atoms with van der Waals surface area (Å²) in [6.45, 7) is 7.59. The molecule has 1 aromatic heterocycles. The van der Waals surface area contributed by atoms with Gasteiger partial charge in [0.25, 0.3) is 0 Å². The number of para-hydroxylation sites is 1. The van der Waals surface area contributed by atoms with Crippen LogP contribution in [-0.4, -0.2) is 47.9 Å². The monoisotopic (exact) mass is 414 g/mol. The molecule has 1 aliphatic rings. The van der Waals surface area contributed by atoms with Gasteiger partial charge in [0, 0.05) is 23.9 Å². The predicted molar refractivity (Wildman–Crippen MR) is 116 cm³/mol. The number of benzene rings is 1. The molecule has 1 aliphatic heterocycles. The van der Waals surface area contributed by atoms with E-state index in [1.165, 1.54) is 10.4 Å². The summed E-state index contributed by atoms with van der Waals surface area (Å²) in [6, 6.07) is 11.7. The Kier molecular flexibility index (Phi) is 7.31. The van der Waals surface area contributed by atoms with Crippen LogP contribution in [0.4, 0.5) is 0 Å². The Morgan fingerprint density at radius 1 is 1.24 bits per heavy atom. The van der Waals surface area contributed by atoms with Gasteiger partial charge in [-0.2, -0.15) is 0 Å². The maximum Gasteiger partial charge on any atom is 0.242 e. The first-order valence-corrected chi connectivity index (χ1v) is 11.2. The fourth-order valence-electron chi connectivity index (χ4n) is 3.72. The Morgan fingerprint density at radius 2 is 2.00 bits per heavy atom. The van der Waals surface area contributed by atoms with Crippen molar-refractivity contribution < 1.29 is 14.3 Å². The van der Waals surface area contributed by atoms with Crippen LogP contribution in [0.3, 0.4) is 0 Å². The Bertz CT molecular complexity index is 819. The molecule has 1 atom stereocenters. The van der Waals surface area contributed by atoms with Gasteiger partial charge in [0.2, 0.25) is 11.8 Å². The molecule has 0 saturated carbocycles. The lowest BCUT2D eigenvalue weighted by Gasteiger charge is -2.37. The zero-order valence-corrected chi connectivity index (χ0v) is 18.3. The number of amides is 2. The van der Waals surface area contributed by atoms with Crippen molar-refractivity contribution in [3.8, 4) is 5.75 Å². The second-order valence-electron chi connectivity index (χ2n) is 7.69. The van der Waals surface area contributed by atoms with Gasteiger partial charge in [-0.05, 0) is 42.0 Å². The van der Waals surface area contributed by atoms with E-state index in [0.717, 1.165) is 18.6 Å². The Hall–Kier alpha value is -2.34. The van der Waals surface area contributed by atoms with Gasteiger partial charge >= 0.3 is 0 Å². The van der Waals surface area contributed by atoms with Crippen molar-refractivity contribution >= 4 is 23.2 Å². The van der Waals surface area contributed by atoms with E-state index in [2.05, 4.69) is 11.4 Å². The van der Waals surface area contributed by atoms with Crippen molar-refractivity contribution in [1.29, 1.82) is 0 Å². The van der Waals surface area contributed by atoms with Crippen LogP contribution in [0.25, 0.3) is 0 Å². The molecule has 6 heteroatoms. The molecule has 1 aromatic carbocycles. The molecule has 0 saturated heterocycles. The lowest BCUT2D eigenvalue weighted by atomic mass is 10.00. The van der Waals surface area contributed by atoms with Crippen molar-refractivity contribution in [2.45, 2.75) is 39.7 Å². The highest BCUT2D eigenvalue weighted by Crippen LogP contribution is 2.34. The van der Waals surface area contributed by atoms with Gasteiger partial charge in [0.05, 0.1) is 12.6 Å². The Morgan fingerprint density at radius 3 is 2.69 bits per heavy atom. The lowest BCUT2D eigenvalue weighted by Crippen LogP contribution is -2.48. The van der Waals surface area contributed by atoms with E-state index in [9.17, 15) is 9.59 Å². The van der Waals surface area contributed by atoms with Crippen molar-refractivity contribution in [3.05, 3.63) is 52.2 Å². The normalized spacial score (nSPS) is 15.9. The van der Waals surface area contributed by atoms with Crippen molar-refractivity contribution in [2.24, 2.45) is 5.92 Å². The number of hydrogen-bond donors (Lipinski definition) is 0. The average Bonchev–Trinajstić information content (AvgIpc) is 3.20. The number of fused-ring (bicyclic) bond motifs is 1. The number of hydrogen-bond acceptors (Lipinski definition) is 4. The van der Waals surface area contributed by atoms with E-state index in [1.807, 2.05) is 56.0 Å². The van der Waals surface area contributed by atoms with E-state index in [-0.39, 0.29) is 30.3 Å². The molecule has 3 rings (SSSR count). The zero-order chi connectivity index (χ0) is 20.8. The second-order valence-corrected chi connectivity index (χ2v) is 8.69. The van der Waals surface area contributed by atoms with Crippen LogP contribution in [-0.2, 0) is 16.0 Å². The molecule has 0 bridgehead atoms. The smallest absolute Gasteiger partial charge is 0.242 e. The van der Waals surface area contributed by atoms with Gasteiger partial charge in [-0.15, -0.1) is 11.3 Å². The van der Waals surface area contributed by atoms with Gasteiger partial charge < -0.3 is 14.5 Å². The van der Waals surface area contributed by atoms with Crippen LogP contribution >= 0.6 is 11.3 Å².